The van der Waals surface area contributed by atoms with Gasteiger partial charge in [0.15, 0.2) is 0 Å². The molecule has 6 heteroatoms. The summed E-state index contributed by atoms with van der Waals surface area (Å²) in [5.74, 6) is 1.21. The fourth-order valence-corrected chi connectivity index (χ4v) is 5.44. The Morgan fingerprint density at radius 3 is 2.54 bits per heavy atom. The smallest absolute Gasteiger partial charge is 0.254 e. The Balaban J connectivity index is 1.41. The number of nitrogens with zero attached hydrogens (tertiary/aromatic N) is 3. The van der Waals surface area contributed by atoms with Crippen molar-refractivity contribution in [3.05, 3.63) is 27.4 Å². The summed E-state index contributed by atoms with van der Waals surface area (Å²) in [4.78, 5) is 38.2. The summed E-state index contributed by atoms with van der Waals surface area (Å²) in [6, 6.07) is 0.596. The highest BCUT2D eigenvalue weighted by Gasteiger charge is 2.39. The summed E-state index contributed by atoms with van der Waals surface area (Å²) in [6.07, 6.45) is 12.4. The van der Waals surface area contributed by atoms with E-state index in [0.29, 0.717) is 6.04 Å². The second kappa shape index (κ2) is 7.62. The molecule has 28 heavy (non-hydrogen) atoms. The second-order valence-electron chi connectivity index (χ2n) is 9.21. The number of likely N-dealkylation sites (tertiary alicyclic amines) is 1. The zero-order chi connectivity index (χ0) is 19.1. The lowest BCUT2D eigenvalue weighted by Crippen LogP contribution is -2.44. The molecule has 152 valence electrons. The van der Waals surface area contributed by atoms with Gasteiger partial charge in [-0.3, -0.25) is 14.5 Å². The van der Waals surface area contributed by atoms with Crippen LogP contribution in [0.1, 0.15) is 87.3 Å². The molecule has 1 atom stereocenters. The molecular formula is C22H32N4O2. The van der Waals surface area contributed by atoms with Gasteiger partial charge >= 0.3 is 0 Å². The van der Waals surface area contributed by atoms with Gasteiger partial charge in [-0.25, -0.2) is 4.98 Å². The van der Waals surface area contributed by atoms with Crippen LogP contribution in [0.2, 0.25) is 0 Å². The van der Waals surface area contributed by atoms with E-state index >= 15 is 0 Å². The van der Waals surface area contributed by atoms with E-state index in [2.05, 4.69) is 9.88 Å². The van der Waals surface area contributed by atoms with E-state index in [4.69, 9.17) is 4.98 Å². The van der Waals surface area contributed by atoms with Gasteiger partial charge in [0.1, 0.15) is 5.82 Å². The summed E-state index contributed by atoms with van der Waals surface area (Å²) in [5, 5.41) is 0. The van der Waals surface area contributed by atoms with Crippen molar-refractivity contribution in [1.82, 2.24) is 19.8 Å². The first kappa shape index (κ1) is 18.3. The van der Waals surface area contributed by atoms with Crippen LogP contribution in [-0.2, 0) is 17.8 Å². The van der Waals surface area contributed by atoms with Gasteiger partial charge in [0, 0.05) is 37.2 Å². The molecule has 0 bridgehead atoms. The maximum absolute atomic E-state index is 12.8. The van der Waals surface area contributed by atoms with Gasteiger partial charge in [-0.2, -0.15) is 0 Å². The minimum absolute atomic E-state index is 0.0210. The third kappa shape index (κ3) is 3.51. The average Bonchev–Trinajstić information content (AvgIpc) is 3.59. The molecule has 1 aromatic heterocycles. The largest absolute Gasteiger partial charge is 0.332 e. The van der Waals surface area contributed by atoms with E-state index in [1.54, 1.807) is 0 Å². The Kier molecular flexibility index (Phi) is 4.99. The first-order chi connectivity index (χ1) is 13.7. The number of H-pyrrole nitrogens is 1. The van der Waals surface area contributed by atoms with Crippen molar-refractivity contribution in [3.63, 3.8) is 0 Å². The van der Waals surface area contributed by atoms with Crippen LogP contribution in [0, 0.1) is 5.92 Å². The van der Waals surface area contributed by atoms with Gasteiger partial charge in [-0.1, -0.05) is 19.3 Å². The molecule has 3 fully saturated rings. The molecule has 6 nitrogen and oxygen atoms in total. The van der Waals surface area contributed by atoms with Crippen molar-refractivity contribution in [3.8, 4) is 0 Å². The molecule has 0 unspecified atom stereocenters. The number of carbonyl (C=O) groups excluding carboxylic acids is 1. The Morgan fingerprint density at radius 2 is 1.75 bits per heavy atom. The number of aromatic nitrogens is 2. The molecule has 1 aromatic rings. The number of carbonyl (C=O) groups is 1. The Labute approximate surface area is 166 Å². The van der Waals surface area contributed by atoms with Crippen LogP contribution in [0.3, 0.4) is 0 Å². The third-order valence-electron chi connectivity index (χ3n) is 7.24. The maximum atomic E-state index is 12.8. The van der Waals surface area contributed by atoms with Crippen LogP contribution in [0.25, 0.3) is 0 Å². The van der Waals surface area contributed by atoms with Gasteiger partial charge in [-0.05, 0) is 51.4 Å². The van der Waals surface area contributed by atoms with Crippen LogP contribution in [0.5, 0.6) is 0 Å². The zero-order valence-corrected chi connectivity index (χ0v) is 16.8. The lowest BCUT2D eigenvalue weighted by Gasteiger charge is -2.38. The average molecular weight is 385 g/mol. The Hall–Kier alpha value is -1.69. The zero-order valence-electron chi connectivity index (χ0n) is 16.8. The molecule has 2 aliphatic heterocycles. The maximum Gasteiger partial charge on any atom is 0.254 e. The molecule has 5 rings (SSSR count). The number of aromatic amines is 1. The highest BCUT2D eigenvalue weighted by Crippen LogP contribution is 2.37. The summed E-state index contributed by atoms with van der Waals surface area (Å²) >= 11 is 0. The summed E-state index contributed by atoms with van der Waals surface area (Å²) in [7, 11) is 0. The SMILES string of the molecule is O=C(C1CC1)N1CCCC[C@@H]1c1nc2c(c(=O)[nH]1)CCN(C1CCCCC1)C2. The number of hydrogen-bond donors (Lipinski definition) is 1. The second-order valence-corrected chi connectivity index (χ2v) is 9.21. The number of nitrogens with one attached hydrogen (secondary N) is 1. The van der Waals surface area contributed by atoms with Crippen molar-refractivity contribution in [2.24, 2.45) is 5.92 Å². The number of rotatable bonds is 3. The monoisotopic (exact) mass is 384 g/mol. The fraction of sp³-hybridized carbons (Fsp3) is 0.773. The van der Waals surface area contributed by atoms with Crippen molar-refractivity contribution < 1.29 is 4.79 Å². The predicted molar refractivity (Wildman–Crippen MR) is 107 cm³/mol. The highest BCUT2D eigenvalue weighted by molar-refractivity contribution is 5.81. The van der Waals surface area contributed by atoms with Crippen LogP contribution in [-0.4, -0.2) is 44.8 Å². The molecule has 2 saturated carbocycles. The Morgan fingerprint density at radius 1 is 0.964 bits per heavy atom. The van der Waals surface area contributed by atoms with Gasteiger partial charge in [0.25, 0.3) is 5.56 Å². The lowest BCUT2D eigenvalue weighted by atomic mass is 9.92. The summed E-state index contributed by atoms with van der Waals surface area (Å²) in [6.45, 7) is 2.56. The number of fused-ring (bicyclic) bond motifs is 1. The highest BCUT2D eigenvalue weighted by atomic mass is 16.2. The van der Waals surface area contributed by atoms with Gasteiger partial charge < -0.3 is 9.88 Å². The quantitative estimate of drug-likeness (QED) is 0.870. The van der Waals surface area contributed by atoms with Gasteiger partial charge in [0.2, 0.25) is 5.91 Å². The Bertz CT molecular complexity index is 794. The molecule has 4 aliphatic rings. The molecule has 1 N–H and O–H groups in total. The van der Waals surface area contributed by atoms with Crippen molar-refractivity contribution in [1.29, 1.82) is 0 Å². The summed E-state index contributed by atoms with van der Waals surface area (Å²) in [5.41, 5.74) is 1.85. The van der Waals surface area contributed by atoms with Crippen molar-refractivity contribution in [2.75, 3.05) is 13.1 Å². The van der Waals surface area contributed by atoms with Crippen LogP contribution < -0.4 is 5.56 Å². The minimum Gasteiger partial charge on any atom is -0.332 e. The molecule has 3 heterocycles. The number of amides is 1. The van der Waals surface area contributed by atoms with Crippen molar-refractivity contribution in [2.45, 2.75) is 89.3 Å². The molecule has 2 aliphatic carbocycles. The van der Waals surface area contributed by atoms with E-state index in [1.165, 1.54) is 32.1 Å². The first-order valence-electron chi connectivity index (χ1n) is 11.4. The van der Waals surface area contributed by atoms with E-state index in [-0.39, 0.29) is 23.4 Å². The summed E-state index contributed by atoms with van der Waals surface area (Å²) < 4.78 is 0. The van der Waals surface area contributed by atoms with E-state index in [1.807, 2.05) is 4.90 Å². The van der Waals surface area contributed by atoms with E-state index in [0.717, 1.165) is 75.2 Å². The first-order valence-corrected chi connectivity index (χ1v) is 11.4. The van der Waals surface area contributed by atoms with Crippen LogP contribution in [0.4, 0.5) is 0 Å². The molecular weight excluding hydrogens is 352 g/mol. The molecule has 0 aromatic carbocycles. The lowest BCUT2D eigenvalue weighted by molar-refractivity contribution is -0.136. The fourth-order valence-electron chi connectivity index (χ4n) is 5.44. The predicted octanol–water partition coefficient (Wildman–Crippen LogP) is 2.92. The van der Waals surface area contributed by atoms with Crippen LogP contribution in [0.15, 0.2) is 4.79 Å². The molecule has 1 saturated heterocycles. The molecule has 0 spiro atoms. The van der Waals surface area contributed by atoms with Gasteiger partial charge in [-0.15, -0.1) is 0 Å². The van der Waals surface area contributed by atoms with Crippen LogP contribution >= 0.6 is 0 Å². The minimum atomic E-state index is -0.0510. The topological polar surface area (TPSA) is 69.3 Å². The van der Waals surface area contributed by atoms with Gasteiger partial charge in [0.05, 0.1) is 11.7 Å². The third-order valence-corrected chi connectivity index (χ3v) is 7.24. The molecule has 1 amide bonds. The van der Waals surface area contributed by atoms with Crippen molar-refractivity contribution >= 4 is 5.91 Å². The number of piperidine rings is 1. The van der Waals surface area contributed by atoms with E-state index in [9.17, 15) is 9.59 Å². The normalized spacial score (nSPS) is 26.9. The molecule has 0 radical (unpaired) electrons. The number of hydrogen-bond acceptors (Lipinski definition) is 4. The standard InChI is InChI=1S/C22H32N4O2/c27-21-17-11-13-25(16-6-2-1-3-7-16)14-18(17)23-20(24-21)19-8-4-5-12-26(19)22(28)15-9-10-15/h15-16,19H,1-14H2,(H,23,24,27)/t19-/m1/s1. The van der Waals surface area contributed by atoms with E-state index < -0.39 is 0 Å².